The highest BCUT2D eigenvalue weighted by molar-refractivity contribution is 6.29. The lowest BCUT2D eigenvalue weighted by Gasteiger charge is -2.27. The van der Waals surface area contributed by atoms with E-state index in [1.54, 1.807) is 41.3 Å². The number of H-pyrrole nitrogens is 1. The van der Waals surface area contributed by atoms with Gasteiger partial charge in [0.15, 0.2) is 5.65 Å². The number of carbonyl (C=O) groups is 5. The number of fused-ring (bicyclic) bond motifs is 1. The lowest BCUT2D eigenvalue weighted by molar-refractivity contribution is -0.384. The Bertz CT molecular complexity index is 4120. The van der Waals surface area contributed by atoms with Crippen LogP contribution in [0.15, 0.2) is 158 Å². The van der Waals surface area contributed by atoms with Crippen molar-refractivity contribution in [2.24, 2.45) is 0 Å². The van der Waals surface area contributed by atoms with Crippen molar-refractivity contribution >= 4 is 105 Å². The number of aromatic amines is 1. The Hall–Kier alpha value is -12.3. The van der Waals surface area contributed by atoms with E-state index in [4.69, 9.17) is 44.0 Å². The highest BCUT2D eigenvalue weighted by Gasteiger charge is 2.22. The molecule has 0 radical (unpaired) electrons. The van der Waals surface area contributed by atoms with Crippen LogP contribution in [0.5, 0.6) is 11.5 Å². The number of carbonyl (C=O) groups excluding carboxylic acids is 5. The Morgan fingerprint density at radius 3 is 1.34 bits per heavy atom. The van der Waals surface area contributed by atoms with Crippen LogP contribution in [-0.4, -0.2) is 148 Å². The molecule has 31 nitrogen and oxygen atoms in total. The molecule has 4 saturated heterocycles. The number of anilines is 7. The number of piperazine rings is 4. The molecule has 0 saturated carbocycles. The van der Waals surface area contributed by atoms with Crippen LogP contribution >= 0.6 is 11.6 Å². The fourth-order valence-electron chi connectivity index (χ4n) is 9.12. The quantitative estimate of drug-likeness (QED) is 0.0226. The van der Waals surface area contributed by atoms with Gasteiger partial charge in [-0.2, -0.15) is 0 Å². The standard InChI is InChI=1S/C23H21N5O2.C14H12O2.C9H11N5O3.C9H13N5O.C5H4ClN3O2.C4H8N2O.5CH4/c29-21-14-28(13-12-24-21)20-11-10-19-23(26-20)27-22(25-19)17-6-8-18(9-7-17)30-15-16-4-2-1-3-5-16;15-10-12-6-8-14(9-7-12)16-11-13-4-2-1-3-5-13;10-9-6(14(16)17)1-2-7(12-9)13-4-3-11-8(15)5-13;10-6-1-2-7(13-9(6)11)14-4-3-12-8(15)5-14;6-4-2-1-3(9(10)11)5(7)8-4;7-4-3-5-1-2-6-4;;;;;/h1-11H,12-15H2,(H,24,29)(H,25,26,27);1-10H,11H2;1-2H,3-5H2,(H2,10,12)(H,11,15);1-2H,3-5,10H2,(H2,11,13)(H,12,15);1-2H,(H2,7,8);5H,1-3H2,(H,6,7);5*1H4. The largest absolute Gasteiger partial charge is 0.489 e. The fourth-order valence-corrected chi connectivity index (χ4v) is 9.28. The van der Waals surface area contributed by atoms with Crippen molar-refractivity contribution in [2.45, 2.75) is 50.3 Å². The van der Waals surface area contributed by atoms with Gasteiger partial charge in [0.25, 0.3) is 0 Å². The molecule has 5 aromatic heterocycles. The Kier molecular flexibility index (Phi) is 34.3. The fraction of sp³-hybridized carbons (Fsp3) is 0.275. The van der Waals surface area contributed by atoms with Crippen LogP contribution < -0.4 is 73.7 Å². The number of hydrogen-bond donors (Lipinski definition) is 10. The van der Waals surface area contributed by atoms with E-state index in [2.05, 4.69) is 56.5 Å². The molecule has 4 aliphatic heterocycles. The molecule has 13 rings (SSSR count). The normalized spacial score (nSPS) is 13.3. The molecule has 4 amide bonds. The lowest BCUT2D eigenvalue weighted by atomic mass is 10.2. The van der Waals surface area contributed by atoms with Crippen LogP contribution in [0.25, 0.3) is 22.6 Å². The minimum atomic E-state index is -0.612. The van der Waals surface area contributed by atoms with Crippen LogP contribution in [0.2, 0.25) is 5.15 Å². The van der Waals surface area contributed by atoms with Gasteiger partial charge < -0.3 is 78.7 Å². The average Bonchev–Trinajstić information content (AvgIpc) is 1.59. The maximum atomic E-state index is 11.6. The number of benzene rings is 4. The van der Waals surface area contributed by atoms with E-state index in [1.165, 1.54) is 24.3 Å². The molecule has 538 valence electrons. The molecule has 14 N–H and O–H groups in total. The third-order valence-corrected chi connectivity index (χ3v) is 14.3. The van der Waals surface area contributed by atoms with Gasteiger partial charge >= 0.3 is 11.4 Å². The number of nitrogens with two attached hydrogens (primary N) is 4. The average molecular weight is 1410 g/mol. The number of pyridine rings is 4. The number of nitro groups is 2. The van der Waals surface area contributed by atoms with Gasteiger partial charge in [0.2, 0.25) is 35.3 Å². The summed E-state index contributed by atoms with van der Waals surface area (Å²) in [6.45, 7) is 7.94. The summed E-state index contributed by atoms with van der Waals surface area (Å²) in [5.41, 5.74) is 27.2. The van der Waals surface area contributed by atoms with E-state index in [9.17, 15) is 44.2 Å². The van der Waals surface area contributed by atoms with Crippen molar-refractivity contribution in [3.8, 4) is 22.9 Å². The van der Waals surface area contributed by atoms with E-state index in [0.717, 1.165) is 77.8 Å². The number of nitrogen functional groups attached to an aromatic ring is 4. The zero-order chi connectivity index (χ0) is 68.3. The smallest absolute Gasteiger partial charge is 0.311 e. The van der Waals surface area contributed by atoms with Gasteiger partial charge in [-0.3, -0.25) is 44.2 Å². The van der Waals surface area contributed by atoms with Crippen molar-refractivity contribution in [3.63, 3.8) is 0 Å². The van der Waals surface area contributed by atoms with Gasteiger partial charge in [-0.05, 0) is 96.1 Å². The van der Waals surface area contributed by atoms with Gasteiger partial charge in [-0.25, -0.2) is 24.9 Å². The number of halogens is 1. The number of nitrogens with zero attached hydrogens (tertiary/aromatic N) is 10. The number of aromatic nitrogens is 6. The van der Waals surface area contributed by atoms with Crippen LogP contribution in [-0.2, 0) is 32.4 Å². The zero-order valence-corrected chi connectivity index (χ0v) is 52.4. The predicted octanol–water partition coefficient (Wildman–Crippen LogP) is 8.02. The number of ether oxygens (including phenoxy) is 2. The SMILES string of the molecule is C.C.C.C.C.Nc1ccc(N2CCNC(=O)C2)nc1N.Nc1nc(Cl)ccc1[N+](=O)[O-].Nc1nc(N2CCNC(=O)C2)ccc1[N+](=O)[O-].O=C1CN(c2ccc3[nH]c(-c4ccc(OCc5ccccc5)cc4)nc3n2)CCN1.O=C1CNCCN1.O=Cc1ccc(OCc2ccccc2)cc1. The molecule has 0 bridgehead atoms. The van der Waals surface area contributed by atoms with Gasteiger partial charge in [-0.1, -0.05) is 109 Å². The van der Waals surface area contributed by atoms with Crippen molar-refractivity contribution < 1.29 is 43.3 Å². The van der Waals surface area contributed by atoms with Crippen molar-refractivity contribution in [1.29, 1.82) is 0 Å². The summed E-state index contributed by atoms with van der Waals surface area (Å²) in [5.74, 6) is 4.27. The number of aldehydes is 1. The molecule has 0 spiro atoms. The molecule has 4 fully saturated rings. The molecule has 4 aliphatic rings. The maximum Gasteiger partial charge on any atom is 0.311 e. The van der Waals surface area contributed by atoms with Gasteiger partial charge in [-0.15, -0.1) is 0 Å². The highest BCUT2D eigenvalue weighted by Crippen LogP contribution is 2.27. The number of amides is 4. The Morgan fingerprint density at radius 1 is 0.485 bits per heavy atom. The van der Waals surface area contributed by atoms with E-state index in [0.29, 0.717) is 93.4 Å². The summed E-state index contributed by atoms with van der Waals surface area (Å²) in [7, 11) is 0. The van der Waals surface area contributed by atoms with Gasteiger partial charge in [0, 0.05) is 75.6 Å². The first-order valence-electron chi connectivity index (χ1n) is 29.8. The van der Waals surface area contributed by atoms with E-state index in [1.807, 2.05) is 107 Å². The summed E-state index contributed by atoms with van der Waals surface area (Å²) in [5, 5.41) is 34.7. The van der Waals surface area contributed by atoms with Crippen LogP contribution in [0.1, 0.15) is 58.6 Å². The molecule has 9 aromatic rings. The summed E-state index contributed by atoms with van der Waals surface area (Å²) >= 11 is 5.41. The summed E-state index contributed by atoms with van der Waals surface area (Å²) in [6, 6.07) is 47.6. The van der Waals surface area contributed by atoms with Crippen LogP contribution in [0, 0.1) is 20.2 Å². The van der Waals surface area contributed by atoms with Crippen LogP contribution in [0.4, 0.5) is 52.0 Å². The minimum Gasteiger partial charge on any atom is -0.489 e. The van der Waals surface area contributed by atoms with E-state index >= 15 is 0 Å². The number of hydrogen-bond acceptors (Lipinski definition) is 24. The first-order valence-corrected chi connectivity index (χ1v) is 30.1. The Balaban J connectivity index is 0.000000329. The Labute approximate surface area is 591 Å². The number of nitrogens with one attached hydrogen (secondary N) is 6. The highest BCUT2D eigenvalue weighted by atomic mass is 35.5. The summed E-state index contributed by atoms with van der Waals surface area (Å²) in [4.78, 5) is 104. The van der Waals surface area contributed by atoms with Gasteiger partial charge in [0.1, 0.15) is 65.2 Å². The number of rotatable bonds is 13. The topological polar surface area (TPSA) is 444 Å². The second kappa shape index (κ2) is 41.8. The molecule has 101 heavy (non-hydrogen) atoms. The second-order valence-corrected chi connectivity index (χ2v) is 21.4. The third-order valence-electron chi connectivity index (χ3n) is 14.1. The molecule has 0 atom stereocenters. The summed E-state index contributed by atoms with van der Waals surface area (Å²) in [6.07, 6.45) is 0.820. The van der Waals surface area contributed by atoms with E-state index in [-0.39, 0.29) is 95.5 Å². The predicted molar refractivity (Wildman–Crippen MR) is 397 cm³/mol. The van der Waals surface area contributed by atoms with Crippen molar-refractivity contribution in [1.82, 2.24) is 56.5 Å². The first-order chi connectivity index (χ1) is 46.4. The maximum absolute atomic E-state index is 11.6. The molecule has 32 heteroatoms. The molecule has 0 unspecified atom stereocenters. The molecule has 4 aromatic carbocycles. The second-order valence-electron chi connectivity index (χ2n) is 21.0. The first kappa shape index (κ1) is 83.0. The van der Waals surface area contributed by atoms with Crippen molar-refractivity contribution in [3.05, 3.63) is 200 Å². The van der Waals surface area contributed by atoms with Crippen LogP contribution in [0.3, 0.4) is 0 Å². The zero-order valence-electron chi connectivity index (χ0n) is 51.6. The summed E-state index contributed by atoms with van der Waals surface area (Å²) < 4.78 is 11.4. The molecule has 0 aliphatic carbocycles. The monoisotopic (exact) mass is 1410 g/mol. The molecular weight excluding hydrogens is 1320 g/mol. The number of imidazole rings is 1. The lowest BCUT2D eigenvalue weighted by Crippen LogP contribution is -2.48. The molecular formula is C69H89ClN20O11. The Morgan fingerprint density at radius 2 is 0.921 bits per heavy atom. The molecule has 9 heterocycles. The third kappa shape index (κ3) is 25.9. The minimum absolute atomic E-state index is 0. The van der Waals surface area contributed by atoms with Crippen molar-refractivity contribution in [2.75, 3.05) is 116 Å². The van der Waals surface area contributed by atoms with Gasteiger partial charge in [0.05, 0.1) is 47.2 Å². The van der Waals surface area contributed by atoms with E-state index < -0.39 is 9.85 Å².